The van der Waals surface area contributed by atoms with Gasteiger partial charge in [-0.15, -0.1) is 24.8 Å². The van der Waals surface area contributed by atoms with E-state index in [0.29, 0.717) is 13.0 Å². The number of carbonyl (C=O) groups excluding carboxylic acids is 1. The van der Waals surface area contributed by atoms with Gasteiger partial charge in [0.15, 0.2) is 0 Å². The fraction of sp³-hybridized carbons (Fsp3) is 0.308. The molecule has 0 saturated heterocycles. The van der Waals surface area contributed by atoms with Crippen molar-refractivity contribution in [3.05, 3.63) is 35.5 Å². The molecule has 2 aromatic rings. The highest BCUT2D eigenvalue weighted by Crippen LogP contribution is 2.26. The van der Waals surface area contributed by atoms with Gasteiger partial charge < -0.3 is 9.72 Å². The van der Waals surface area contributed by atoms with Crippen LogP contribution in [0, 0.1) is 0 Å². The number of hydrogen-bond acceptors (Lipinski definition) is 3. The predicted molar refractivity (Wildman–Crippen MR) is 79.1 cm³/mol. The van der Waals surface area contributed by atoms with Crippen LogP contribution < -0.4 is 5.32 Å². The zero-order valence-electron chi connectivity index (χ0n) is 10.4. The Kier molecular flexibility index (Phi) is 5.23. The van der Waals surface area contributed by atoms with Crippen LogP contribution in [0.1, 0.15) is 11.3 Å². The molecule has 1 atom stereocenters. The van der Waals surface area contributed by atoms with Crippen molar-refractivity contribution < 1.29 is 9.53 Å². The lowest BCUT2D eigenvalue weighted by Crippen LogP contribution is -2.42. The van der Waals surface area contributed by atoms with Crippen LogP contribution in [0.2, 0.25) is 0 Å². The van der Waals surface area contributed by atoms with E-state index >= 15 is 0 Å². The number of rotatable bonds is 1. The summed E-state index contributed by atoms with van der Waals surface area (Å²) in [6, 6.07) is 7.94. The number of fused-ring (bicyclic) bond motifs is 3. The van der Waals surface area contributed by atoms with E-state index in [4.69, 9.17) is 4.74 Å². The number of carbonyl (C=O) groups is 1. The van der Waals surface area contributed by atoms with E-state index in [0.717, 1.165) is 5.52 Å². The summed E-state index contributed by atoms with van der Waals surface area (Å²) in [6.07, 6.45) is 0.687. The third kappa shape index (κ3) is 2.71. The van der Waals surface area contributed by atoms with Gasteiger partial charge in [-0.3, -0.25) is 10.1 Å². The zero-order valence-corrected chi connectivity index (χ0v) is 12.1. The number of esters is 1. The van der Waals surface area contributed by atoms with Crippen molar-refractivity contribution in [2.45, 2.75) is 19.0 Å². The molecule has 1 unspecified atom stereocenters. The molecule has 19 heavy (non-hydrogen) atoms. The van der Waals surface area contributed by atoms with Gasteiger partial charge in [0.25, 0.3) is 0 Å². The lowest BCUT2D eigenvalue weighted by Gasteiger charge is -2.21. The van der Waals surface area contributed by atoms with Gasteiger partial charge in [-0.05, 0) is 11.6 Å². The van der Waals surface area contributed by atoms with Crippen LogP contribution in [-0.4, -0.2) is 24.1 Å². The highest BCUT2D eigenvalue weighted by molar-refractivity contribution is 5.86. The number of halogens is 2. The summed E-state index contributed by atoms with van der Waals surface area (Å²) in [5, 5.41) is 4.39. The molecule has 0 spiro atoms. The van der Waals surface area contributed by atoms with Crippen molar-refractivity contribution in [1.29, 1.82) is 0 Å². The average Bonchev–Trinajstić information content (AvgIpc) is 2.75. The smallest absolute Gasteiger partial charge is 0.323 e. The van der Waals surface area contributed by atoms with Crippen LogP contribution in [-0.2, 0) is 22.5 Å². The quantitative estimate of drug-likeness (QED) is 0.794. The predicted octanol–water partition coefficient (Wildman–Crippen LogP) is 2.20. The van der Waals surface area contributed by atoms with Crippen molar-refractivity contribution in [2.75, 3.05) is 7.11 Å². The summed E-state index contributed by atoms with van der Waals surface area (Å²) in [6.45, 7) is 0.684. The number of aromatic amines is 1. The molecule has 1 aliphatic rings. The zero-order chi connectivity index (χ0) is 11.8. The summed E-state index contributed by atoms with van der Waals surface area (Å²) >= 11 is 0. The van der Waals surface area contributed by atoms with Crippen LogP contribution in [0.5, 0.6) is 0 Å². The minimum absolute atomic E-state index is 0. The number of ether oxygens (including phenoxy) is 1. The first-order chi connectivity index (χ1) is 8.29. The Morgan fingerprint density at radius 3 is 2.79 bits per heavy atom. The lowest BCUT2D eigenvalue weighted by atomic mass is 9.99. The molecule has 0 fully saturated rings. The Bertz CT molecular complexity index is 583. The van der Waals surface area contributed by atoms with Crippen molar-refractivity contribution in [3.63, 3.8) is 0 Å². The van der Waals surface area contributed by atoms with Crippen molar-refractivity contribution >= 4 is 41.7 Å². The highest BCUT2D eigenvalue weighted by Gasteiger charge is 2.27. The molecule has 0 aliphatic carbocycles. The molecule has 6 heteroatoms. The van der Waals surface area contributed by atoms with Crippen LogP contribution >= 0.6 is 24.8 Å². The van der Waals surface area contributed by atoms with Gasteiger partial charge in [-0.25, -0.2) is 0 Å². The van der Waals surface area contributed by atoms with Crippen LogP contribution in [0.4, 0.5) is 0 Å². The first kappa shape index (κ1) is 15.8. The molecule has 4 nitrogen and oxygen atoms in total. The number of aromatic nitrogens is 1. The number of hydrogen-bond donors (Lipinski definition) is 2. The van der Waals surface area contributed by atoms with Gasteiger partial charge in [0.1, 0.15) is 6.04 Å². The fourth-order valence-electron chi connectivity index (χ4n) is 2.45. The van der Waals surface area contributed by atoms with Gasteiger partial charge in [-0.2, -0.15) is 0 Å². The standard InChI is InChI=1S/C13H14N2O2.2ClH/c1-17-13(16)11-6-9-8-4-2-3-5-10(8)15-12(9)7-14-11;;/h2-5,11,14-15H,6-7H2,1H3;2*1H. The maximum atomic E-state index is 11.5. The SMILES string of the molecule is COC(=O)C1Cc2c([nH]c3ccccc23)CN1.Cl.Cl. The minimum atomic E-state index is -0.230. The molecule has 1 aromatic heterocycles. The Morgan fingerprint density at radius 1 is 1.32 bits per heavy atom. The molecule has 0 radical (unpaired) electrons. The molecule has 104 valence electrons. The lowest BCUT2D eigenvalue weighted by molar-refractivity contribution is -0.143. The molecule has 0 bridgehead atoms. The maximum absolute atomic E-state index is 11.5. The van der Waals surface area contributed by atoms with Gasteiger partial charge in [0.2, 0.25) is 0 Å². The van der Waals surface area contributed by atoms with E-state index in [1.54, 1.807) is 0 Å². The summed E-state index contributed by atoms with van der Waals surface area (Å²) < 4.78 is 4.78. The van der Waals surface area contributed by atoms with Crippen LogP contribution in [0.3, 0.4) is 0 Å². The molecule has 1 aliphatic heterocycles. The van der Waals surface area contributed by atoms with Gasteiger partial charge in [-0.1, -0.05) is 18.2 Å². The molecule has 3 rings (SSSR count). The largest absolute Gasteiger partial charge is 0.468 e. The van der Waals surface area contributed by atoms with Crippen LogP contribution in [0.25, 0.3) is 10.9 Å². The molecule has 2 heterocycles. The molecular weight excluding hydrogens is 287 g/mol. The van der Waals surface area contributed by atoms with E-state index in [1.807, 2.05) is 12.1 Å². The molecule has 0 saturated carbocycles. The maximum Gasteiger partial charge on any atom is 0.323 e. The fourth-order valence-corrected chi connectivity index (χ4v) is 2.45. The van der Waals surface area contributed by atoms with E-state index in [-0.39, 0.29) is 36.8 Å². The second kappa shape index (κ2) is 6.28. The first-order valence-corrected chi connectivity index (χ1v) is 5.69. The van der Waals surface area contributed by atoms with Crippen molar-refractivity contribution in [3.8, 4) is 0 Å². The first-order valence-electron chi connectivity index (χ1n) is 5.69. The Morgan fingerprint density at radius 2 is 2.05 bits per heavy atom. The topological polar surface area (TPSA) is 54.1 Å². The third-order valence-corrected chi connectivity index (χ3v) is 3.32. The Balaban J connectivity index is 0.000000902. The normalized spacial score (nSPS) is 17.0. The second-order valence-corrected chi connectivity index (χ2v) is 4.29. The summed E-state index contributed by atoms with van der Waals surface area (Å²) in [5.41, 5.74) is 3.53. The molecule has 2 N–H and O–H groups in total. The van der Waals surface area contributed by atoms with Crippen molar-refractivity contribution in [1.82, 2.24) is 10.3 Å². The molecule has 1 aromatic carbocycles. The molecular formula is C13H16Cl2N2O2. The monoisotopic (exact) mass is 302 g/mol. The van der Waals surface area contributed by atoms with E-state index in [2.05, 4.69) is 22.4 Å². The van der Waals surface area contributed by atoms with Crippen LogP contribution in [0.15, 0.2) is 24.3 Å². The Hall–Kier alpha value is -1.23. The van der Waals surface area contributed by atoms with Gasteiger partial charge in [0.05, 0.1) is 7.11 Å². The number of para-hydroxylation sites is 1. The Labute approximate surface area is 123 Å². The van der Waals surface area contributed by atoms with Crippen molar-refractivity contribution in [2.24, 2.45) is 0 Å². The van der Waals surface area contributed by atoms with E-state index < -0.39 is 0 Å². The number of nitrogens with one attached hydrogen (secondary N) is 2. The third-order valence-electron chi connectivity index (χ3n) is 3.32. The number of methoxy groups -OCH3 is 1. The van der Waals surface area contributed by atoms with Gasteiger partial charge >= 0.3 is 5.97 Å². The average molecular weight is 303 g/mol. The van der Waals surface area contributed by atoms with Gasteiger partial charge in [0, 0.05) is 29.6 Å². The minimum Gasteiger partial charge on any atom is -0.468 e. The number of H-pyrrole nitrogens is 1. The molecule has 0 amide bonds. The van der Waals surface area contributed by atoms with E-state index in [9.17, 15) is 4.79 Å². The summed E-state index contributed by atoms with van der Waals surface area (Å²) in [5.74, 6) is -0.194. The second-order valence-electron chi connectivity index (χ2n) is 4.29. The summed E-state index contributed by atoms with van der Waals surface area (Å²) in [7, 11) is 1.43. The van der Waals surface area contributed by atoms with E-state index in [1.165, 1.54) is 23.8 Å². The number of benzene rings is 1. The summed E-state index contributed by atoms with van der Waals surface area (Å²) in [4.78, 5) is 14.9. The highest BCUT2D eigenvalue weighted by atomic mass is 35.5.